The van der Waals surface area contributed by atoms with Crippen molar-refractivity contribution >= 4 is 40.5 Å². The first-order valence-electron chi connectivity index (χ1n) is 6.30. The fraction of sp³-hybridized carbons (Fsp3) is 0.231. The quantitative estimate of drug-likeness (QED) is 0.665. The van der Waals surface area contributed by atoms with Crippen molar-refractivity contribution in [3.05, 3.63) is 50.2 Å². The summed E-state index contributed by atoms with van der Waals surface area (Å²) in [6.07, 6.45) is 1.73. The summed E-state index contributed by atoms with van der Waals surface area (Å²) in [4.78, 5) is 22.2. The molecule has 1 heterocycles. The van der Waals surface area contributed by atoms with Crippen LogP contribution in [0, 0.1) is 17.0 Å². The highest BCUT2D eigenvalue weighted by Gasteiger charge is 2.16. The van der Waals surface area contributed by atoms with Crippen LogP contribution in [0.1, 0.15) is 12.1 Å². The molecule has 0 atom stereocenters. The van der Waals surface area contributed by atoms with Crippen LogP contribution in [0.25, 0.3) is 0 Å². The van der Waals surface area contributed by atoms with Crippen LogP contribution < -0.4 is 5.32 Å². The van der Waals surface area contributed by atoms with Gasteiger partial charge in [-0.15, -0.1) is 0 Å². The smallest absolute Gasteiger partial charge is 0.294 e. The Labute approximate surface area is 136 Å². The molecule has 1 amide bonds. The SMILES string of the molecule is Cc1nn(CCC(=O)Nc2ccc(Cl)cc2[N+](=O)[O-])cc1Cl. The van der Waals surface area contributed by atoms with E-state index in [1.54, 1.807) is 17.8 Å². The van der Waals surface area contributed by atoms with Crippen molar-refractivity contribution in [3.8, 4) is 0 Å². The van der Waals surface area contributed by atoms with E-state index in [-0.39, 0.29) is 28.7 Å². The molecule has 2 rings (SSSR count). The molecule has 0 aliphatic heterocycles. The van der Waals surface area contributed by atoms with Gasteiger partial charge >= 0.3 is 0 Å². The number of nitrogens with zero attached hydrogens (tertiary/aromatic N) is 3. The second-order valence-corrected chi connectivity index (χ2v) is 5.39. The highest BCUT2D eigenvalue weighted by atomic mass is 35.5. The second kappa shape index (κ2) is 6.76. The molecule has 0 unspecified atom stereocenters. The Kier molecular flexibility index (Phi) is 4.99. The van der Waals surface area contributed by atoms with Gasteiger partial charge in [-0.25, -0.2) is 0 Å². The Morgan fingerprint density at radius 2 is 2.18 bits per heavy atom. The second-order valence-electron chi connectivity index (χ2n) is 4.54. The van der Waals surface area contributed by atoms with Gasteiger partial charge in [0.05, 0.1) is 15.6 Å². The zero-order valence-electron chi connectivity index (χ0n) is 11.5. The molecule has 0 saturated heterocycles. The third-order valence-electron chi connectivity index (χ3n) is 2.88. The summed E-state index contributed by atoms with van der Waals surface area (Å²) < 4.78 is 1.55. The van der Waals surface area contributed by atoms with Crippen LogP contribution in [0.2, 0.25) is 10.0 Å². The monoisotopic (exact) mass is 342 g/mol. The van der Waals surface area contributed by atoms with Gasteiger partial charge < -0.3 is 5.32 Å². The number of amides is 1. The molecule has 7 nitrogen and oxygen atoms in total. The summed E-state index contributed by atoms with van der Waals surface area (Å²) >= 11 is 11.6. The molecule has 1 N–H and O–H groups in total. The minimum absolute atomic E-state index is 0.106. The van der Waals surface area contributed by atoms with E-state index in [9.17, 15) is 14.9 Å². The van der Waals surface area contributed by atoms with Gasteiger partial charge in [0.25, 0.3) is 5.69 Å². The summed E-state index contributed by atoms with van der Waals surface area (Å²) in [5.41, 5.74) is 0.531. The van der Waals surface area contributed by atoms with E-state index in [1.807, 2.05) is 0 Å². The predicted molar refractivity (Wildman–Crippen MR) is 83.3 cm³/mol. The summed E-state index contributed by atoms with van der Waals surface area (Å²) in [5.74, 6) is -0.366. The van der Waals surface area contributed by atoms with Crippen LogP contribution in [0.4, 0.5) is 11.4 Å². The molecule has 116 valence electrons. The van der Waals surface area contributed by atoms with Crippen molar-refractivity contribution in [1.82, 2.24) is 9.78 Å². The molecule has 0 aliphatic rings. The highest BCUT2D eigenvalue weighted by Crippen LogP contribution is 2.27. The van der Waals surface area contributed by atoms with Gasteiger partial charge in [0.1, 0.15) is 5.69 Å². The average molecular weight is 343 g/mol. The highest BCUT2D eigenvalue weighted by molar-refractivity contribution is 6.31. The summed E-state index contributed by atoms with van der Waals surface area (Å²) in [6, 6.07) is 4.06. The predicted octanol–water partition coefficient (Wildman–Crippen LogP) is 3.44. The maximum Gasteiger partial charge on any atom is 0.294 e. The Balaban J connectivity index is 2.01. The van der Waals surface area contributed by atoms with Gasteiger partial charge in [0, 0.05) is 30.3 Å². The van der Waals surface area contributed by atoms with Crippen molar-refractivity contribution in [2.45, 2.75) is 19.9 Å². The number of nitrogens with one attached hydrogen (secondary N) is 1. The molecule has 1 aromatic heterocycles. The van der Waals surface area contributed by atoms with Crippen molar-refractivity contribution in [1.29, 1.82) is 0 Å². The molecule has 22 heavy (non-hydrogen) atoms. The van der Waals surface area contributed by atoms with E-state index >= 15 is 0 Å². The number of halogens is 2. The maximum absolute atomic E-state index is 11.9. The molecular weight excluding hydrogens is 331 g/mol. The van der Waals surface area contributed by atoms with Crippen molar-refractivity contribution < 1.29 is 9.72 Å². The molecule has 0 radical (unpaired) electrons. The lowest BCUT2D eigenvalue weighted by atomic mass is 10.2. The van der Waals surface area contributed by atoms with Gasteiger partial charge in [-0.1, -0.05) is 23.2 Å². The van der Waals surface area contributed by atoms with E-state index in [2.05, 4.69) is 10.4 Å². The lowest BCUT2D eigenvalue weighted by Gasteiger charge is -2.06. The Hall–Kier alpha value is -2.12. The molecule has 0 bridgehead atoms. The zero-order chi connectivity index (χ0) is 16.3. The zero-order valence-corrected chi connectivity index (χ0v) is 13.1. The van der Waals surface area contributed by atoms with Crippen LogP contribution >= 0.6 is 23.2 Å². The normalized spacial score (nSPS) is 10.5. The Morgan fingerprint density at radius 1 is 1.45 bits per heavy atom. The average Bonchev–Trinajstić information content (AvgIpc) is 2.77. The summed E-state index contributed by atoms with van der Waals surface area (Å²) in [7, 11) is 0. The van der Waals surface area contributed by atoms with Crippen LogP contribution in [-0.2, 0) is 11.3 Å². The number of benzene rings is 1. The van der Waals surface area contributed by atoms with Crippen LogP contribution in [0.15, 0.2) is 24.4 Å². The minimum Gasteiger partial charge on any atom is -0.320 e. The van der Waals surface area contributed by atoms with E-state index in [0.717, 1.165) is 0 Å². The molecule has 2 aromatic rings. The molecule has 0 saturated carbocycles. The fourth-order valence-corrected chi connectivity index (χ4v) is 2.12. The number of aromatic nitrogens is 2. The third kappa shape index (κ3) is 3.96. The maximum atomic E-state index is 11.9. The van der Waals surface area contributed by atoms with Crippen LogP contribution in [0.3, 0.4) is 0 Å². The number of hydrogen-bond acceptors (Lipinski definition) is 4. The number of carbonyl (C=O) groups excluding carboxylic acids is 1. The lowest BCUT2D eigenvalue weighted by Crippen LogP contribution is -2.15. The summed E-state index contributed by atoms with van der Waals surface area (Å²) in [6.45, 7) is 2.08. The Bertz CT molecular complexity index is 711. The first-order valence-corrected chi connectivity index (χ1v) is 7.06. The lowest BCUT2D eigenvalue weighted by molar-refractivity contribution is -0.383. The number of nitro groups is 1. The van der Waals surface area contributed by atoms with Crippen molar-refractivity contribution in [2.24, 2.45) is 0 Å². The van der Waals surface area contributed by atoms with E-state index < -0.39 is 4.92 Å². The Morgan fingerprint density at radius 3 is 2.77 bits per heavy atom. The van der Waals surface area contributed by atoms with Gasteiger partial charge in [-0.3, -0.25) is 19.6 Å². The topological polar surface area (TPSA) is 90.1 Å². The van der Waals surface area contributed by atoms with Crippen molar-refractivity contribution in [2.75, 3.05) is 5.32 Å². The van der Waals surface area contributed by atoms with E-state index in [4.69, 9.17) is 23.2 Å². The van der Waals surface area contributed by atoms with Gasteiger partial charge in [0.15, 0.2) is 0 Å². The molecule has 1 aromatic carbocycles. The number of rotatable bonds is 5. The largest absolute Gasteiger partial charge is 0.320 e. The van der Waals surface area contributed by atoms with Gasteiger partial charge in [-0.2, -0.15) is 5.10 Å². The number of anilines is 1. The van der Waals surface area contributed by atoms with Crippen molar-refractivity contribution in [3.63, 3.8) is 0 Å². The molecular formula is C13H12Cl2N4O3. The fourth-order valence-electron chi connectivity index (χ4n) is 1.80. The van der Waals surface area contributed by atoms with Crippen LogP contribution in [-0.4, -0.2) is 20.6 Å². The standard InChI is InChI=1S/C13H12Cl2N4O3/c1-8-10(15)7-18(17-8)5-4-13(20)16-11-3-2-9(14)6-12(11)19(21)22/h2-3,6-7H,4-5H2,1H3,(H,16,20). The summed E-state index contributed by atoms with van der Waals surface area (Å²) in [5, 5.41) is 18.3. The van der Waals surface area contributed by atoms with Gasteiger partial charge in [0.2, 0.25) is 5.91 Å². The van der Waals surface area contributed by atoms with E-state index in [1.165, 1.54) is 18.2 Å². The number of aryl methyl sites for hydroxylation is 2. The van der Waals surface area contributed by atoms with Crippen LogP contribution in [0.5, 0.6) is 0 Å². The molecule has 9 heteroatoms. The molecule has 0 aliphatic carbocycles. The number of hydrogen-bond donors (Lipinski definition) is 1. The van der Waals surface area contributed by atoms with E-state index in [0.29, 0.717) is 17.3 Å². The minimum atomic E-state index is -0.599. The first-order chi connectivity index (χ1) is 10.4. The molecule has 0 spiro atoms. The van der Waals surface area contributed by atoms with Gasteiger partial charge in [-0.05, 0) is 19.1 Å². The first kappa shape index (κ1) is 16.3. The third-order valence-corrected chi connectivity index (χ3v) is 3.49. The molecule has 0 fully saturated rings. The number of carbonyl (C=O) groups is 1. The number of nitro benzene ring substituents is 1.